The summed E-state index contributed by atoms with van der Waals surface area (Å²) in [6.07, 6.45) is -1.07. The van der Waals surface area contributed by atoms with Gasteiger partial charge in [-0.15, -0.1) is 0 Å². The van der Waals surface area contributed by atoms with Gasteiger partial charge >= 0.3 is 12.2 Å². The van der Waals surface area contributed by atoms with Crippen molar-refractivity contribution in [1.29, 1.82) is 0 Å². The molecule has 0 heterocycles. The van der Waals surface area contributed by atoms with E-state index in [1.165, 1.54) is 0 Å². The average molecular weight is 421 g/mol. The molecule has 0 aromatic heterocycles. The molecule has 1 aromatic carbocycles. The summed E-state index contributed by atoms with van der Waals surface area (Å²) in [6, 6.07) is 5.41. The van der Waals surface area contributed by atoms with Crippen LogP contribution in [0.25, 0.3) is 0 Å². The molecule has 1 aromatic rings. The van der Waals surface area contributed by atoms with Gasteiger partial charge in [0, 0.05) is 12.2 Å². The first-order valence-electron chi connectivity index (χ1n) is 10.1. The van der Waals surface area contributed by atoms with Crippen LogP contribution in [0.4, 0.5) is 15.3 Å². The largest absolute Gasteiger partial charge is 0.444 e. The lowest BCUT2D eigenvalue weighted by atomic mass is 10.0. The second-order valence-electron chi connectivity index (χ2n) is 8.96. The van der Waals surface area contributed by atoms with Crippen LogP contribution in [-0.4, -0.2) is 35.9 Å². The van der Waals surface area contributed by atoms with Crippen molar-refractivity contribution in [3.63, 3.8) is 0 Å². The van der Waals surface area contributed by atoms with Crippen molar-refractivity contribution >= 4 is 23.8 Å². The summed E-state index contributed by atoms with van der Waals surface area (Å²) < 4.78 is 10.6. The van der Waals surface area contributed by atoms with Crippen LogP contribution in [0.5, 0.6) is 0 Å². The van der Waals surface area contributed by atoms with Crippen molar-refractivity contribution in [3.05, 3.63) is 29.3 Å². The molecule has 2 amide bonds. The van der Waals surface area contributed by atoms with Gasteiger partial charge in [0.25, 0.3) is 0 Å². The molecule has 0 saturated carbocycles. The maximum Gasteiger partial charge on any atom is 0.414 e. The highest BCUT2D eigenvalue weighted by atomic mass is 16.6. The normalized spacial score (nSPS) is 13.3. The minimum atomic E-state index is -0.611. The number of benzene rings is 1. The quantitative estimate of drug-likeness (QED) is 0.475. The number of hydrogen-bond acceptors (Lipinski definition) is 5. The molecule has 1 unspecified atom stereocenters. The Labute approximate surface area is 179 Å². The van der Waals surface area contributed by atoms with Crippen LogP contribution in [0.3, 0.4) is 0 Å². The van der Waals surface area contributed by atoms with Crippen molar-refractivity contribution < 1.29 is 19.1 Å². The summed E-state index contributed by atoms with van der Waals surface area (Å²) >= 11 is 0. The topological polar surface area (TPSA) is 101 Å². The van der Waals surface area contributed by atoms with Crippen molar-refractivity contribution in [2.24, 2.45) is 4.99 Å². The molecule has 168 valence electrons. The van der Waals surface area contributed by atoms with E-state index in [4.69, 9.17) is 9.47 Å². The second-order valence-corrected chi connectivity index (χ2v) is 8.96. The fourth-order valence-corrected chi connectivity index (χ4v) is 2.62. The number of anilines is 1. The number of amides is 2. The minimum Gasteiger partial charge on any atom is -0.444 e. The maximum atomic E-state index is 12.1. The van der Waals surface area contributed by atoms with Gasteiger partial charge in [-0.3, -0.25) is 10.3 Å². The lowest BCUT2D eigenvalue weighted by Crippen LogP contribution is -2.40. The smallest absolute Gasteiger partial charge is 0.414 e. The zero-order valence-corrected chi connectivity index (χ0v) is 19.6. The van der Waals surface area contributed by atoms with Gasteiger partial charge in [-0.2, -0.15) is 0 Å². The molecule has 0 aliphatic heterocycles. The molecule has 1 atom stereocenters. The monoisotopic (exact) mass is 420 g/mol. The Kier molecular flexibility index (Phi) is 8.69. The predicted octanol–water partition coefficient (Wildman–Crippen LogP) is 4.89. The first kappa shape index (κ1) is 25.3. The Hall–Kier alpha value is -2.77. The van der Waals surface area contributed by atoms with Crippen molar-refractivity contribution in [3.8, 4) is 0 Å². The van der Waals surface area contributed by atoms with Crippen LogP contribution in [0.15, 0.2) is 23.2 Å². The van der Waals surface area contributed by atoms with E-state index in [1.807, 2.05) is 59.7 Å². The van der Waals surface area contributed by atoms with E-state index in [0.29, 0.717) is 12.5 Å². The molecule has 0 fully saturated rings. The molecule has 0 aliphatic rings. The minimum absolute atomic E-state index is 0.271. The maximum absolute atomic E-state index is 12.1. The SMILES string of the molecule is CCN=C(NC(=O)OC(C)(C)C)Nc1cccc(C(C)NC(=O)OC(C)(C)C)c1C. The highest BCUT2D eigenvalue weighted by molar-refractivity contribution is 6.02. The first-order chi connectivity index (χ1) is 13.7. The van der Waals surface area contributed by atoms with Crippen LogP contribution in [0, 0.1) is 6.92 Å². The molecular formula is C22H36N4O4. The van der Waals surface area contributed by atoms with Crippen LogP contribution >= 0.6 is 0 Å². The molecule has 1 rings (SSSR count). The summed E-state index contributed by atoms with van der Waals surface area (Å²) in [5.74, 6) is 0.291. The molecule has 8 heteroatoms. The summed E-state index contributed by atoms with van der Waals surface area (Å²) in [5, 5.41) is 8.64. The van der Waals surface area contributed by atoms with Gasteiger partial charge in [0.15, 0.2) is 0 Å². The molecule has 8 nitrogen and oxygen atoms in total. The number of alkyl carbamates (subject to hydrolysis) is 2. The fraction of sp³-hybridized carbons (Fsp3) is 0.591. The van der Waals surface area contributed by atoms with Gasteiger partial charge in [-0.25, -0.2) is 9.59 Å². The number of nitrogens with one attached hydrogen (secondary N) is 3. The number of rotatable bonds is 4. The van der Waals surface area contributed by atoms with Gasteiger partial charge in [0.2, 0.25) is 5.96 Å². The molecule has 3 N–H and O–H groups in total. The van der Waals surface area contributed by atoms with Crippen molar-refractivity contribution in [1.82, 2.24) is 10.6 Å². The van der Waals surface area contributed by atoms with Crippen molar-refractivity contribution in [2.75, 3.05) is 11.9 Å². The van der Waals surface area contributed by atoms with E-state index < -0.39 is 23.4 Å². The number of guanidine groups is 1. The zero-order valence-electron chi connectivity index (χ0n) is 19.6. The zero-order chi connectivity index (χ0) is 23.1. The van der Waals surface area contributed by atoms with Gasteiger partial charge in [-0.05, 0) is 79.5 Å². The molecule has 0 aliphatic carbocycles. The number of nitrogens with zero attached hydrogens (tertiary/aromatic N) is 1. The van der Waals surface area contributed by atoms with Gasteiger partial charge in [0.05, 0.1) is 6.04 Å². The Morgan fingerprint density at radius 2 is 1.60 bits per heavy atom. The standard InChI is InChI=1S/C22H36N4O4/c1-10-23-18(26-20(28)30-22(7,8)9)25-17-13-11-12-16(14(17)2)15(3)24-19(27)29-21(4,5)6/h11-13,15H,10H2,1-9H3,(H,24,27)(H2,23,25,26,28). The first-order valence-corrected chi connectivity index (χ1v) is 10.1. The number of carbonyl (C=O) groups excluding carboxylic acids is 2. The molecule has 0 spiro atoms. The third kappa shape index (κ3) is 9.15. The van der Waals surface area contributed by atoms with Crippen LogP contribution in [-0.2, 0) is 9.47 Å². The van der Waals surface area contributed by atoms with E-state index >= 15 is 0 Å². The van der Waals surface area contributed by atoms with Crippen LogP contribution in [0.2, 0.25) is 0 Å². The predicted molar refractivity (Wildman–Crippen MR) is 120 cm³/mol. The van der Waals surface area contributed by atoms with Crippen molar-refractivity contribution in [2.45, 2.75) is 79.6 Å². The van der Waals surface area contributed by atoms with E-state index in [1.54, 1.807) is 20.8 Å². The van der Waals surface area contributed by atoms with E-state index in [9.17, 15) is 9.59 Å². The lowest BCUT2D eigenvalue weighted by Gasteiger charge is -2.24. The summed E-state index contributed by atoms with van der Waals surface area (Å²) in [7, 11) is 0. The molecular weight excluding hydrogens is 384 g/mol. The van der Waals surface area contributed by atoms with E-state index in [2.05, 4.69) is 20.9 Å². The molecule has 0 saturated heterocycles. The number of aliphatic imine (C=N–C) groups is 1. The molecule has 0 radical (unpaired) electrons. The molecule has 30 heavy (non-hydrogen) atoms. The second kappa shape index (κ2) is 10.3. The number of carbonyl (C=O) groups is 2. The summed E-state index contributed by atoms with van der Waals surface area (Å²) in [5.41, 5.74) is 1.41. The van der Waals surface area contributed by atoms with Gasteiger partial charge in [-0.1, -0.05) is 12.1 Å². The average Bonchev–Trinajstić information content (AvgIpc) is 2.53. The Morgan fingerprint density at radius 3 is 2.13 bits per heavy atom. The van der Waals surface area contributed by atoms with Crippen LogP contribution < -0.4 is 16.0 Å². The number of hydrogen-bond donors (Lipinski definition) is 3. The highest BCUT2D eigenvalue weighted by Gasteiger charge is 2.21. The van der Waals surface area contributed by atoms with Gasteiger partial charge < -0.3 is 20.1 Å². The summed E-state index contributed by atoms with van der Waals surface area (Å²) in [4.78, 5) is 28.5. The number of ether oxygens (including phenoxy) is 2. The molecule has 0 bridgehead atoms. The van der Waals surface area contributed by atoms with Crippen LogP contribution in [0.1, 0.15) is 72.6 Å². The van der Waals surface area contributed by atoms with E-state index in [0.717, 1.165) is 16.8 Å². The lowest BCUT2D eigenvalue weighted by molar-refractivity contribution is 0.0505. The Bertz CT molecular complexity index is 776. The third-order valence-corrected chi connectivity index (χ3v) is 3.76. The Balaban J connectivity index is 2.96. The Morgan fingerprint density at radius 1 is 1.03 bits per heavy atom. The summed E-state index contributed by atoms with van der Waals surface area (Å²) in [6.45, 7) is 17.0. The fourth-order valence-electron chi connectivity index (χ4n) is 2.62. The highest BCUT2D eigenvalue weighted by Crippen LogP contribution is 2.24. The third-order valence-electron chi connectivity index (χ3n) is 3.76. The van der Waals surface area contributed by atoms with Gasteiger partial charge in [0.1, 0.15) is 11.2 Å². The van der Waals surface area contributed by atoms with E-state index in [-0.39, 0.29) is 6.04 Å².